The van der Waals surface area contributed by atoms with Gasteiger partial charge in [-0.1, -0.05) is 80.9 Å². The second-order valence-electron chi connectivity index (χ2n) is 6.32. The van der Waals surface area contributed by atoms with Crippen LogP contribution in [-0.4, -0.2) is 17.9 Å². The van der Waals surface area contributed by atoms with Crippen LogP contribution in [0, 0.1) is 5.92 Å². The van der Waals surface area contributed by atoms with Gasteiger partial charge in [0.05, 0.1) is 0 Å². The molecular weight excluding hydrogens is 324 g/mol. The minimum Gasteiger partial charge on any atom is -0.350 e. The Bertz CT molecular complexity index is 726. The number of carbonyl (C=O) groups excluding carboxylic acids is 2. The zero-order valence-electron chi connectivity index (χ0n) is 15.3. The van der Waals surface area contributed by atoms with E-state index in [4.69, 9.17) is 0 Å². The summed E-state index contributed by atoms with van der Waals surface area (Å²) in [6.45, 7) is 4.42. The lowest BCUT2D eigenvalue weighted by molar-refractivity contribution is -0.128. The van der Waals surface area contributed by atoms with Gasteiger partial charge in [-0.15, -0.1) is 0 Å². The van der Waals surface area contributed by atoms with E-state index < -0.39 is 6.04 Å². The molecule has 136 valence electrons. The highest BCUT2D eigenvalue weighted by Gasteiger charge is 2.24. The molecule has 0 heterocycles. The molecule has 2 atom stereocenters. The maximum absolute atomic E-state index is 12.6. The van der Waals surface area contributed by atoms with Crippen molar-refractivity contribution < 1.29 is 9.59 Å². The zero-order chi connectivity index (χ0) is 18.8. The van der Waals surface area contributed by atoms with E-state index in [-0.39, 0.29) is 17.7 Å². The summed E-state index contributed by atoms with van der Waals surface area (Å²) in [7, 11) is 0. The number of benzene rings is 2. The zero-order valence-corrected chi connectivity index (χ0v) is 15.3. The monoisotopic (exact) mass is 350 g/mol. The molecule has 2 N–H and O–H groups in total. The number of amides is 2. The molecule has 4 nitrogen and oxygen atoms in total. The van der Waals surface area contributed by atoms with E-state index in [1.807, 2.05) is 74.5 Å². The van der Waals surface area contributed by atoms with Crippen molar-refractivity contribution in [1.82, 2.24) is 10.6 Å². The average molecular weight is 350 g/mol. The SMILES string of the molecule is CC[C@H](C)[C@H](NC(=O)C=Cc1ccccc1)C(=O)NCc1ccccc1. The molecule has 2 aromatic carbocycles. The van der Waals surface area contributed by atoms with Gasteiger partial charge in [-0.25, -0.2) is 0 Å². The van der Waals surface area contributed by atoms with Crippen molar-refractivity contribution in [1.29, 1.82) is 0 Å². The predicted molar refractivity (Wildman–Crippen MR) is 105 cm³/mol. The van der Waals surface area contributed by atoms with Crippen molar-refractivity contribution in [2.75, 3.05) is 0 Å². The second kappa shape index (κ2) is 10.2. The van der Waals surface area contributed by atoms with Crippen molar-refractivity contribution in [2.45, 2.75) is 32.9 Å². The van der Waals surface area contributed by atoms with Gasteiger partial charge in [-0.3, -0.25) is 9.59 Å². The predicted octanol–water partition coefficient (Wildman–Crippen LogP) is 3.55. The maximum atomic E-state index is 12.6. The molecule has 0 aliphatic carbocycles. The number of nitrogens with one attached hydrogen (secondary N) is 2. The number of carbonyl (C=O) groups is 2. The van der Waals surface area contributed by atoms with Crippen molar-refractivity contribution >= 4 is 17.9 Å². The van der Waals surface area contributed by atoms with Crippen LogP contribution >= 0.6 is 0 Å². The summed E-state index contributed by atoms with van der Waals surface area (Å²) < 4.78 is 0. The molecule has 0 saturated heterocycles. The smallest absolute Gasteiger partial charge is 0.244 e. The third-order valence-electron chi connectivity index (χ3n) is 4.33. The summed E-state index contributed by atoms with van der Waals surface area (Å²) in [6, 6.07) is 18.8. The van der Waals surface area contributed by atoms with Crippen LogP contribution in [0.25, 0.3) is 6.08 Å². The Kier molecular flexibility index (Phi) is 7.62. The van der Waals surface area contributed by atoms with Gasteiger partial charge in [0.25, 0.3) is 0 Å². The fourth-order valence-electron chi connectivity index (χ4n) is 2.53. The fourth-order valence-corrected chi connectivity index (χ4v) is 2.53. The van der Waals surface area contributed by atoms with Crippen molar-refractivity contribution in [3.63, 3.8) is 0 Å². The molecule has 2 rings (SSSR count). The lowest BCUT2D eigenvalue weighted by Gasteiger charge is -2.23. The normalized spacial score (nSPS) is 13.2. The quantitative estimate of drug-likeness (QED) is 0.715. The summed E-state index contributed by atoms with van der Waals surface area (Å²) in [5, 5.41) is 5.75. The Hall–Kier alpha value is -2.88. The number of hydrogen-bond acceptors (Lipinski definition) is 2. The minimum absolute atomic E-state index is 0.0415. The average Bonchev–Trinajstić information content (AvgIpc) is 2.69. The molecule has 2 aromatic rings. The van der Waals surface area contributed by atoms with Crippen molar-refractivity contribution in [3.05, 3.63) is 77.9 Å². The Labute approximate surface area is 155 Å². The topological polar surface area (TPSA) is 58.2 Å². The highest BCUT2D eigenvalue weighted by Crippen LogP contribution is 2.09. The van der Waals surface area contributed by atoms with E-state index in [1.54, 1.807) is 6.08 Å². The third-order valence-corrected chi connectivity index (χ3v) is 4.33. The number of hydrogen-bond donors (Lipinski definition) is 2. The lowest BCUT2D eigenvalue weighted by atomic mass is 9.98. The first-order valence-electron chi connectivity index (χ1n) is 8.95. The van der Waals surface area contributed by atoms with E-state index in [1.165, 1.54) is 6.08 Å². The van der Waals surface area contributed by atoms with E-state index in [0.29, 0.717) is 6.54 Å². The molecule has 0 bridgehead atoms. The molecule has 0 aliphatic heterocycles. The molecule has 0 saturated carbocycles. The van der Waals surface area contributed by atoms with E-state index in [2.05, 4.69) is 10.6 Å². The molecule has 0 spiro atoms. The van der Waals surface area contributed by atoms with Crippen molar-refractivity contribution in [2.24, 2.45) is 5.92 Å². The van der Waals surface area contributed by atoms with Crippen LogP contribution in [0.4, 0.5) is 0 Å². The van der Waals surface area contributed by atoms with Crippen molar-refractivity contribution in [3.8, 4) is 0 Å². The molecule has 0 aliphatic rings. The van der Waals surface area contributed by atoms with Crippen LogP contribution in [-0.2, 0) is 16.1 Å². The Balaban J connectivity index is 1.96. The van der Waals surface area contributed by atoms with Gasteiger partial charge in [-0.2, -0.15) is 0 Å². The largest absolute Gasteiger partial charge is 0.350 e. The summed E-state index contributed by atoms with van der Waals surface area (Å²) in [5.74, 6) is -0.390. The molecule has 2 amide bonds. The van der Waals surface area contributed by atoms with E-state index in [9.17, 15) is 9.59 Å². The third kappa shape index (κ3) is 6.20. The minimum atomic E-state index is -0.559. The van der Waals surface area contributed by atoms with E-state index in [0.717, 1.165) is 17.5 Å². The Morgan fingerprint density at radius 2 is 1.62 bits per heavy atom. The highest BCUT2D eigenvalue weighted by molar-refractivity contribution is 5.95. The lowest BCUT2D eigenvalue weighted by Crippen LogP contribution is -2.49. The first kappa shape index (κ1) is 19.4. The van der Waals surface area contributed by atoms with Gasteiger partial charge in [0.2, 0.25) is 11.8 Å². The molecule has 4 heteroatoms. The number of rotatable bonds is 8. The molecular formula is C22H26N2O2. The van der Waals surface area contributed by atoms with Gasteiger partial charge in [0.15, 0.2) is 0 Å². The van der Waals surface area contributed by atoms with Gasteiger partial charge in [-0.05, 0) is 23.1 Å². The first-order chi connectivity index (χ1) is 12.6. The van der Waals surface area contributed by atoms with Crippen LogP contribution in [0.1, 0.15) is 31.4 Å². The summed E-state index contributed by atoms with van der Waals surface area (Å²) in [4.78, 5) is 24.8. The highest BCUT2D eigenvalue weighted by atomic mass is 16.2. The molecule has 0 radical (unpaired) electrons. The van der Waals surface area contributed by atoms with Gasteiger partial charge in [0, 0.05) is 12.6 Å². The Morgan fingerprint density at radius 3 is 2.23 bits per heavy atom. The van der Waals surface area contributed by atoms with Crippen LogP contribution < -0.4 is 10.6 Å². The van der Waals surface area contributed by atoms with Gasteiger partial charge >= 0.3 is 0 Å². The van der Waals surface area contributed by atoms with Gasteiger partial charge < -0.3 is 10.6 Å². The van der Waals surface area contributed by atoms with Crippen LogP contribution in [0.2, 0.25) is 0 Å². The molecule has 0 aromatic heterocycles. The second-order valence-corrected chi connectivity index (χ2v) is 6.32. The molecule has 0 fully saturated rings. The Morgan fingerprint density at radius 1 is 1.00 bits per heavy atom. The summed E-state index contributed by atoms with van der Waals surface area (Å²) in [6.07, 6.45) is 4.01. The van der Waals surface area contributed by atoms with Crippen LogP contribution in [0.3, 0.4) is 0 Å². The summed E-state index contributed by atoms with van der Waals surface area (Å²) in [5.41, 5.74) is 1.97. The maximum Gasteiger partial charge on any atom is 0.244 e. The molecule has 26 heavy (non-hydrogen) atoms. The first-order valence-corrected chi connectivity index (χ1v) is 8.95. The van der Waals surface area contributed by atoms with E-state index >= 15 is 0 Å². The standard InChI is InChI=1S/C22H26N2O2/c1-3-17(2)21(22(26)23-16-19-12-8-5-9-13-19)24-20(25)15-14-18-10-6-4-7-11-18/h4-15,17,21H,3,16H2,1-2H3,(H,23,26)(H,24,25)/t17-,21-/m0/s1. The fraction of sp³-hybridized carbons (Fsp3) is 0.273. The van der Waals surface area contributed by atoms with Crippen LogP contribution in [0.5, 0.6) is 0 Å². The van der Waals surface area contributed by atoms with Crippen LogP contribution in [0.15, 0.2) is 66.7 Å². The van der Waals surface area contributed by atoms with Gasteiger partial charge in [0.1, 0.15) is 6.04 Å². The summed E-state index contributed by atoms with van der Waals surface area (Å²) >= 11 is 0. The molecule has 0 unspecified atom stereocenters.